The first-order chi connectivity index (χ1) is 16.0. The van der Waals surface area contributed by atoms with Crippen LogP contribution in [0.1, 0.15) is 62.0 Å². The van der Waals surface area contributed by atoms with Crippen LogP contribution in [-0.4, -0.2) is 41.8 Å². The molecule has 1 fully saturated rings. The number of ether oxygens (including phenoxy) is 1. The van der Waals surface area contributed by atoms with Crippen molar-refractivity contribution in [3.05, 3.63) is 59.7 Å². The maximum Gasteiger partial charge on any atom is 0.407 e. The SMILES string of the molecule is O=C(O)CC1(NC(=O)CCNC(=O)OCC2c3ccccc3-c3ccccc32)CCCCC1. The molecule has 2 amide bonds. The molecular weight excluding hydrogens is 420 g/mol. The van der Waals surface area contributed by atoms with Crippen molar-refractivity contribution in [2.45, 2.75) is 56.4 Å². The zero-order valence-corrected chi connectivity index (χ0v) is 18.6. The van der Waals surface area contributed by atoms with Crippen LogP contribution >= 0.6 is 0 Å². The first kappa shape index (κ1) is 22.8. The lowest BCUT2D eigenvalue weighted by molar-refractivity contribution is -0.139. The van der Waals surface area contributed by atoms with Gasteiger partial charge >= 0.3 is 12.1 Å². The van der Waals surface area contributed by atoms with Crippen molar-refractivity contribution in [1.82, 2.24) is 10.6 Å². The number of hydrogen-bond acceptors (Lipinski definition) is 4. The van der Waals surface area contributed by atoms with E-state index in [4.69, 9.17) is 4.74 Å². The second-order valence-corrected chi connectivity index (χ2v) is 8.96. The minimum Gasteiger partial charge on any atom is -0.481 e. The maximum atomic E-state index is 12.4. The molecule has 4 rings (SSSR count). The monoisotopic (exact) mass is 450 g/mol. The third-order valence-electron chi connectivity index (χ3n) is 6.67. The van der Waals surface area contributed by atoms with Crippen molar-refractivity contribution in [2.75, 3.05) is 13.2 Å². The van der Waals surface area contributed by atoms with Crippen LogP contribution < -0.4 is 10.6 Å². The van der Waals surface area contributed by atoms with E-state index in [2.05, 4.69) is 34.9 Å². The number of hydrogen-bond donors (Lipinski definition) is 3. The molecule has 0 saturated heterocycles. The van der Waals surface area contributed by atoms with Gasteiger partial charge in [-0.3, -0.25) is 9.59 Å². The molecule has 2 aromatic carbocycles. The summed E-state index contributed by atoms with van der Waals surface area (Å²) in [6.45, 7) is 0.347. The molecule has 33 heavy (non-hydrogen) atoms. The lowest BCUT2D eigenvalue weighted by Gasteiger charge is -2.37. The number of fused-ring (bicyclic) bond motifs is 3. The van der Waals surface area contributed by atoms with E-state index in [0.29, 0.717) is 12.8 Å². The number of carbonyl (C=O) groups is 3. The van der Waals surface area contributed by atoms with Crippen LogP contribution in [0.15, 0.2) is 48.5 Å². The first-order valence-corrected chi connectivity index (χ1v) is 11.6. The topological polar surface area (TPSA) is 105 Å². The zero-order chi connectivity index (χ0) is 23.3. The highest BCUT2D eigenvalue weighted by atomic mass is 16.5. The van der Waals surface area contributed by atoms with Gasteiger partial charge in [0.15, 0.2) is 0 Å². The Hall–Kier alpha value is -3.35. The molecule has 0 radical (unpaired) electrons. The summed E-state index contributed by atoms with van der Waals surface area (Å²) in [5, 5.41) is 14.8. The van der Waals surface area contributed by atoms with E-state index in [0.717, 1.165) is 41.5 Å². The summed E-state index contributed by atoms with van der Waals surface area (Å²) >= 11 is 0. The summed E-state index contributed by atoms with van der Waals surface area (Å²) < 4.78 is 5.48. The smallest absolute Gasteiger partial charge is 0.407 e. The molecule has 3 N–H and O–H groups in total. The Kier molecular flexibility index (Phi) is 6.96. The molecule has 2 aliphatic carbocycles. The molecule has 2 aromatic rings. The standard InChI is InChI=1S/C26H30N2O5/c29-23(28-26(16-24(30)31)13-6-1-7-14-26)12-15-27-25(32)33-17-22-20-10-4-2-8-18(20)19-9-3-5-11-21(19)22/h2-5,8-11,22H,1,6-7,12-17H2,(H,27,32)(H,28,29)(H,30,31). The Morgan fingerprint density at radius 1 is 0.939 bits per heavy atom. The number of aliphatic carboxylic acids is 1. The van der Waals surface area contributed by atoms with Crippen molar-refractivity contribution in [3.8, 4) is 11.1 Å². The zero-order valence-electron chi connectivity index (χ0n) is 18.6. The van der Waals surface area contributed by atoms with Gasteiger partial charge in [-0.15, -0.1) is 0 Å². The molecule has 0 spiro atoms. The Morgan fingerprint density at radius 2 is 1.55 bits per heavy atom. The van der Waals surface area contributed by atoms with Crippen LogP contribution in [0.25, 0.3) is 11.1 Å². The van der Waals surface area contributed by atoms with E-state index in [1.54, 1.807) is 0 Å². The van der Waals surface area contributed by atoms with Crippen LogP contribution in [0, 0.1) is 0 Å². The lowest BCUT2D eigenvalue weighted by atomic mass is 9.79. The molecule has 2 aliphatic rings. The molecule has 0 unspecified atom stereocenters. The quantitative estimate of drug-likeness (QED) is 0.559. The molecule has 0 bridgehead atoms. The Morgan fingerprint density at radius 3 is 2.15 bits per heavy atom. The number of amides is 2. The second kappa shape index (κ2) is 10.1. The number of carboxylic acid groups (broad SMARTS) is 1. The number of benzene rings is 2. The molecular formula is C26H30N2O5. The summed E-state index contributed by atoms with van der Waals surface area (Å²) in [5.74, 6) is -1.18. The Balaban J connectivity index is 1.26. The largest absolute Gasteiger partial charge is 0.481 e. The van der Waals surface area contributed by atoms with Gasteiger partial charge in [-0.05, 0) is 35.1 Å². The third kappa shape index (κ3) is 5.35. The third-order valence-corrected chi connectivity index (χ3v) is 6.67. The first-order valence-electron chi connectivity index (χ1n) is 11.6. The summed E-state index contributed by atoms with van der Waals surface area (Å²) in [4.78, 5) is 36.0. The Labute approximate surface area is 193 Å². The predicted octanol–water partition coefficient (Wildman–Crippen LogP) is 4.21. The second-order valence-electron chi connectivity index (χ2n) is 8.96. The molecule has 0 atom stereocenters. The van der Waals surface area contributed by atoms with Gasteiger partial charge in [0.05, 0.1) is 12.0 Å². The van der Waals surface area contributed by atoms with Crippen molar-refractivity contribution in [3.63, 3.8) is 0 Å². The van der Waals surface area contributed by atoms with Gasteiger partial charge in [0.25, 0.3) is 0 Å². The highest BCUT2D eigenvalue weighted by Crippen LogP contribution is 2.44. The van der Waals surface area contributed by atoms with Crippen LogP contribution in [-0.2, 0) is 14.3 Å². The maximum absolute atomic E-state index is 12.4. The molecule has 1 saturated carbocycles. The molecule has 0 heterocycles. The highest BCUT2D eigenvalue weighted by molar-refractivity contribution is 5.80. The van der Waals surface area contributed by atoms with E-state index in [9.17, 15) is 19.5 Å². The molecule has 7 nitrogen and oxygen atoms in total. The summed E-state index contributed by atoms with van der Waals surface area (Å²) in [5.41, 5.74) is 3.93. The number of carbonyl (C=O) groups excluding carboxylic acids is 2. The van der Waals surface area contributed by atoms with E-state index >= 15 is 0 Å². The van der Waals surface area contributed by atoms with Gasteiger partial charge in [-0.1, -0.05) is 67.8 Å². The van der Waals surface area contributed by atoms with Crippen molar-refractivity contribution in [1.29, 1.82) is 0 Å². The van der Waals surface area contributed by atoms with E-state index in [1.165, 1.54) is 0 Å². The van der Waals surface area contributed by atoms with Gasteiger partial charge in [-0.25, -0.2) is 4.79 Å². The van der Waals surface area contributed by atoms with Crippen LogP contribution in [0.5, 0.6) is 0 Å². The average molecular weight is 451 g/mol. The molecule has 0 aromatic heterocycles. The molecule has 0 aliphatic heterocycles. The van der Waals surface area contributed by atoms with Crippen LogP contribution in [0.3, 0.4) is 0 Å². The molecule has 7 heteroatoms. The fraction of sp³-hybridized carbons (Fsp3) is 0.423. The predicted molar refractivity (Wildman–Crippen MR) is 124 cm³/mol. The summed E-state index contributed by atoms with van der Waals surface area (Å²) in [7, 11) is 0. The normalized spacial score (nSPS) is 16.4. The summed E-state index contributed by atoms with van der Waals surface area (Å²) in [6.07, 6.45) is 3.65. The fourth-order valence-electron chi connectivity index (χ4n) is 5.15. The van der Waals surface area contributed by atoms with Crippen LogP contribution in [0.4, 0.5) is 4.79 Å². The van der Waals surface area contributed by atoms with Crippen molar-refractivity contribution >= 4 is 18.0 Å². The fourth-order valence-corrected chi connectivity index (χ4v) is 5.15. The van der Waals surface area contributed by atoms with Gasteiger partial charge < -0.3 is 20.5 Å². The molecule has 174 valence electrons. The van der Waals surface area contributed by atoms with E-state index < -0.39 is 17.6 Å². The van der Waals surface area contributed by atoms with Crippen molar-refractivity contribution < 1.29 is 24.2 Å². The number of rotatable bonds is 8. The Bertz CT molecular complexity index is 983. The summed E-state index contributed by atoms with van der Waals surface area (Å²) in [6, 6.07) is 16.3. The minimum absolute atomic E-state index is 0.0198. The number of nitrogens with one attached hydrogen (secondary N) is 2. The van der Waals surface area contributed by atoms with Crippen molar-refractivity contribution in [2.24, 2.45) is 0 Å². The van der Waals surface area contributed by atoms with Gasteiger partial charge in [0.1, 0.15) is 6.61 Å². The van der Waals surface area contributed by atoms with Gasteiger partial charge in [-0.2, -0.15) is 0 Å². The minimum atomic E-state index is -0.908. The van der Waals surface area contributed by atoms with E-state index in [1.807, 2.05) is 24.3 Å². The number of carboxylic acids is 1. The van der Waals surface area contributed by atoms with Gasteiger partial charge in [0.2, 0.25) is 5.91 Å². The number of alkyl carbamates (subject to hydrolysis) is 1. The van der Waals surface area contributed by atoms with Crippen LogP contribution in [0.2, 0.25) is 0 Å². The van der Waals surface area contributed by atoms with E-state index in [-0.39, 0.29) is 37.8 Å². The highest BCUT2D eigenvalue weighted by Gasteiger charge is 2.35. The average Bonchev–Trinajstić information content (AvgIpc) is 3.11. The lowest BCUT2D eigenvalue weighted by Crippen LogP contribution is -2.51. The van der Waals surface area contributed by atoms with Gasteiger partial charge in [0, 0.05) is 18.9 Å².